The summed E-state index contributed by atoms with van der Waals surface area (Å²) in [5, 5.41) is 3.38. The maximum atomic E-state index is 5.46. The molecule has 0 atom stereocenters. The van der Waals surface area contributed by atoms with Gasteiger partial charge < -0.3 is 10.1 Å². The molecule has 12 heavy (non-hydrogen) atoms. The maximum Gasteiger partial charge on any atom is 0.0679 e. The van der Waals surface area contributed by atoms with Crippen molar-refractivity contribution >= 4 is 0 Å². The second-order valence-electron chi connectivity index (χ2n) is 3.61. The molecule has 1 N–H and O–H groups in total. The maximum absolute atomic E-state index is 5.46. The second kappa shape index (κ2) is 4.06. The molecule has 2 heteroatoms. The van der Waals surface area contributed by atoms with Crippen molar-refractivity contribution in [2.24, 2.45) is 0 Å². The van der Waals surface area contributed by atoms with Gasteiger partial charge in [-0.05, 0) is 44.3 Å². The minimum atomic E-state index is 0.912. The first kappa shape index (κ1) is 8.27. The SMILES string of the molecule is C1COCC(=C2CCNCC2)C1. The van der Waals surface area contributed by atoms with E-state index in [1.807, 2.05) is 0 Å². The summed E-state index contributed by atoms with van der Waals surface area (Å²) in [6.07, 6.45) is 5.01. The summed E-state index contributed by atoms with van der Waals surface area (Å²) < 4.78 is 5.46. The summed E-state index contributed by atoms with van der Waals surface area (Å²) in [4.78, 5) is 0. The molecule has 0 aromatic heterocycles. The van der Waals surface area contributed by atoms with Crippen molar-refractivity contribution in [2.75, 3.05) is 26.3 Å². The van der Waals surface area contributed by atoms with Crippen molar-refractivity contribution in [3.05, 3.63) is 11.1 Å². The van der Waals surface area contributed by atoms with E-state index in [1.165, 1.54) is 38.8 Å². The van der Waals surface area contributed by atoms with Gasteiger partial charge in [0.1, 0.15) is 0 Å². The molecule has 2 heterocycles. The van der Waals surface area contributed by atoms with E-state index in [1.54, 1.807) is 11.1 Å². The lowest BCUT2D eigenvalue weighted by Crippen LogP contribution is -2.25. The molecule has 0 spiro atoms. The number of hydrogen-bond acceptors (Lipinski definition) is 2. The average molecular weight is 167 g/mol. The highest BCUT2D eigenvalue weighted by Gasteiger charge is 2.13. The molecule has 0 aliphatic carbocycles. The first-order valence-electron chi connectivity index (χ1n) is 4.95. The quantitative estimate of drug-likeness (QED) is 0.552. The van der Waals surface area contributed by atoms with E-state index in [0.29, 0.717) is 0 Å². The molecule has 2 saturated heterocycles. The van der Waals surface area contributed by atoms with Crippen LogP contribution in [-0.2, 0) is 4.74 Å². The zero-order valence-electron chi connectivity index (χ0n) is 7.57. The average Bonchev–Trinajstić information content (AvgIpc) is 2.21. The Balaban J connectivity index is 2.00. The van der Waals surface area contributed by atoms with Gasteiger partial charge in [0.25, 0.3) is 0 Å². The molecular weight excluding hydrogens is 150 g/mol. The van der Waals surface area contributed by atoms with Gasteiger partial charge >= 0.3 is 0 Å². The van der Waals surface area contributed by atoms with Crippen LogP contribution in [0.1, 0.15) is 25.7 Å². The highest BCUT2D eigenvalue weighted by atomic mass is 16.5. The van der Waals surface area contributed by atoms with Crippen LogP contribution >= 0.6 is 0 Å². The molecule has 0 unspecified atom stereocenters. The summed E-state index contributed by atoms with van der Waals surface area (Å²) >= 11 is 0. The lowest BCUT2D eigenvalue weighted by Gasteiger charge is -2.23. The molecule has 0 amide bonds. The lowest BCUT2D eigenvalue weighted by molar-refractivity contribution is 0.128. The minimum absolute atomic E-state index is 0.912. The molecule has 2 aliphatic heterocycles. The zero-order valence-corrected chi connectivity index (χ0v) is 7.57. The van der Waals surface area contributed by atoms with Gasteiger partial charge in [-0.25, -0.2) is 0 Å². The number of rotatable bonds is 0. The van der Waals surface area contributed by atoms with Gasteiger partial charge in [0.05, 0.1) is 6.61 Å². The molecule has 0 bridgehead atoms. The molecule has 0 aromatic carbocycles. The van der Waals surface area contributed by atoms with Crippen molar-refractivity contribution < 1.29 is 4.74 Å². The van der Waals surface area contributed by atoms with Crippen LogP contribution in [0.25, 0.3) is 0 Å². The Labute approximate surface area is 74.0 Å². The molecule has 68 valence electrons. The minimum Gasteiger partial charge on any atom is -0.377 e. The van der Waals surface area contributed by atoms with E-state index < -0.39 is 0 Å². The van der Waals surface area contributed by atoms with Crippen molar-refractivity contribution in [1.29, 1.82) is 0 Å². The van der Waals surface area contributed by atoms with Crippen LogP contribution in [-0.4, -0.2) is 26.3 Å². The van der Waals surface area contributed by atoms with Gasteiger partial charge in [-0.1, -0.05) is 5.57 Å². The highest BCUT2D eigenvalue weighted by molar-refractivity contribution is 5.17. The molecule has 2 aliphatic rings. The number of piperidine rings is 1. The molecular formula is C10H17NO. The molecule has 0 saturated carbocycles. The Kier molecular flexibility index (Phi) is 2.79. The van der Waals surface area contributed by atoms with E-state index in [4.69, 9.17) is 4.74 Å². The normalized spacial score (nSPS) is 26.0. The lowest BCUT2D eigenvalue weighted by atomic mass is 9.95. The van der Waals surface area contributed by atoms with Crippen LogP contribution in [0.2, 0.25) is 0 Å². The predicted molar refractivity (Wildman–Crippen MR) is 49.2 cm³/mol. The van der Waals surface area contributed by atoms with Crippen LogP contribution in [0.15, 0.2) is 11.1 Å². The van der Waals surface area contributed by atoms with Gasteiger partial charge in [-0.3, -0.25) is 0 Å². The Bertz CT molecular complexity index is 150. The standard InChI is InChI=1S/C10H17NO/c1-2-10(8-12-7-1)9-3-5-11-6-4-9/h11H,1-8H2. The topological polar surface area (TPSA) is 21.3 Å². The molecule has 2 nitrogen and oxygen atoms in total. The Morgan fingerprint density at radius 1 is 1.00 bits per heavy atom. The summed E-state index contributed by atoms with van der Waals surface area (Å²) in [5.74, 6) is 0. The van der Waals surface area contributed by atoms with E-state index in [9.17, 15) is 0 Å². The van der Waals surface area contributed by atoms with Gasteiger partial charge in [0.2, 0.25) is 0 Å². The summed E-state index contributed by atoms with van der Waals surface area (Å²) in [7, 11) is 0. The third-order valence-corrected chi connectivity index (χ3v) is 2.75. The van der Waals surface area contributed by atoms with E-state index in [-0.39, 0.29) is 0 Å². The van der Waals surface area contributed by atoms with Crippen molar-refractivity contribution in [3.63, 3.8) is 0 Å². The fourth-order valence-corrected chi connectivity index (χ4v) is 2.02. The number of nitrogens with one attached hydrogen (secondary N) is 1. The Morgan fingerprint density at radius 3 is 2.50 bits per heavy atom. The third-order valence-electron chi connectivity index (χ3n) is 2.75. The van der Waals surface area contributed by atoms with Crippen LogP contribution in [0.3, 0.4) is 0 Å². The zero-order chi connectivity index (χ0) is 8.23. The van der Waals surface area contributed by atoms with Crippen LogP contribution in [0, 0.1) is 0 Å². The number of hydrogen-bond donors (Lipinski definition) is 1. The molecule has 0 aromatic rings. The number of ether oxygens (including phenoxy) is 1. The molecule has 2 rings (SSSR count). The predicted octanol–water partition coefficient (Wildman–Crippen LogP) is 1.48. The summed E-state index contributed by atoms with van der Waals surface area (Å²) in [6, 6.07) is 0. The monoisotopic (exact) mass is 167 g/mol. The van der Waals surface area contributed by atoms with Gasteiger partial charge in [-0.15, -0.1) is 0 Å². The first-order chi connectivity index (χ1) is 5.97. The third kappa shape index (κ3) is 1.87. The van der Waals surface area contributed by atoms with Crippen LogP contribution < -0.4 is 5.32 Å². The summed E-state index contributed by atoms with van der Waals surface area (Å²) in [6.45, 7) is 4.21. The van der Waals surface area contributed by atoms with Crippen LogP contribution in [0.5, 0.6) is 0 Å². The van der Waals surface area contributed by atoms with Crippen molar-refractivity contribution in [3.8, 4) is 0 Å². The van der Waals surface area contributed by atoms with Crippen molar-refractivity contribution in [1.82, 2.24) is 5.32 Å². The van der Waals surface area contributed by atoms with Crippen molar-refractivity contribution in [2.45, 2.75) is 25.7 Å². The smallest absolute Gasteiger partial charge is 0.0679 e. The summed E-state index contributed by atoms with van der Waals surface area (Å²) in [5.41, 5.74) is 3.27. The fourth-order valence-electron chi connectivity index (χ4n) is 2.02. The van der Waals surface area contributed by atoms with Gasteiger partial charge in [0, 0.05) is 6.61 Å². The highest BCUT2D eigenvalue weighted by Crippen LogP contribution is 2.22. The first-order valence-corrected chi connectivity index (χ1v) is 4.95. The Morgan fingerprint density at radius 2 is 1.83 bits per heavy atom. The second-order valence-corrected chi connectivity index (χ2v) is 3.61. The van der Waals surface area contributed by atoms with Crippen LogP contribution in [0.4, 0.5) is 0 Å². The van der Waals surface area contributed by atoms with E-state index >= 15 is 0 Å². The fraction of sp³-hybridized carbons (Fsp3) is 0.800. The molecule has 0 radical (unpaired) electrons. The molecule has 2 fully saturated rings. The van der Waals surface area contributed by atoms with E-state index in [2.05, 4.69) is 5.32 Å². The Hall–Kier alpha value is -0.340. The van der Waals surface area contributed by atoms with Gasteiger partial charge in [-0.2, -0.15) is 0 Å². The largest absolute Gasteiger partial charge is 0.377 e. The van der Waals surface area contributed by atoms with Gasteiger partial charge in [0.15, 0.2) is 0 Å². The van der Waals surface area contributed by atoms with E-state index in [0.717, 1.165) is 13.2 Å².